The van der Waals surface area contributed by atoms with Crippen LogP contribution in [0, 0.1) is 6.92 Å². The molecular weight excluding hydrogens is 482 g/mol. The summed E-state index contributed by atoms with van der Waals surface area (Å²) in [6.07, 6.45) is 8.91. The zero-order valence-corrected chi connectivity index (χ0v) is 22.7. The van der Waals surface area contributed by atoms with E-state index < -0.39 is 17.7 Å². The van der Waals surface area contributed by atoms with E-state index in [2.05, 4.69) is 32.9 Å². The van der Waals surface area contributed by atoms with Crippen LogP contribution in [0.2, 0.25) is 0 Å². The number of carboxylic acid groups (broad SMARTS) is 1. The van der Waals surface area contributed by atoms with Gasteiger partial charge in [0.05, 0.1) is 22.7 Å². The first-order valence-electron chi connectivity index (χ1n) is 13.0. The molecule has 0 spiro atoms. The number of fused-ring (bicyclic) bond motifs is 3. The quantitative estimate of drug-likeness (QED) is 0.250. The summed E-state index contributed by atoms with van der Waals surface area (Å²) in [4.78, 5) is 11.4. The third-order valence-corrected chi connectivity index (χ3v) is 7.49. The maximum atomic E-state index is 11.4. The SMILES string of the molecule is CC(C)=CCCC(C)=CCCC1(C)Oc2c(c(O)cc3c(O)n(-c4ccc(C(=O)O)cc4C)cc23)CC1O. The van der Waals surface area contributed by atoms with Crippen LogP contribution in [0.1, 0.15) is 74.9 Å². The van der Waals surface area contributed by atoms with Crippen molar-refractivity contribution in [2.24, 2.45) is 0 Å². The van der Waals surface area contributed by atoms with Gasteiger partial charge in [-0.05, 0) is 90.1 Å². The van der Waals surface area contributed by atoms with Gasteiger partial charge in [-0.25, -0.2) is 4.79 Å². The highest BCUT2D eigenvalue weighted by molar-refractivity contribution is 5.96. The van der Waals surface area contributed by atoms with Crippen LogP contribution >= 0.6 is 0 Å². The molecule has 2 unspecified atom stereocenters. The molecule has 202 valence electrons. The molecule has 0 saturated carbocycles. The molecule has 3 aromatic rings. The number of hydrogen-bond donors (Lipinski definition) is 4. The Kier molecular flexibility index (Phi) is 7.61. The van der Waals surface area contributed by atoms with Gasteiger partial charge in [-0.15, -0.1) is 0 Å². The summed E-state index contributed by atoms with van der Waals surface area (Å²) in [5.41, 5.74) is 3.68. The van der Waals surface area contributed by atoms with Crippen molar-refractivity contribution < 1.29 is 30.0 Å². The number of aliphatic hydroxyl groups is 1. The molecule has 0 fully saturated rings. The average molecular weight is 520 g/mol. The van der Waals surface area contributed by atoms with Crippen molar-refractivity contribution in [3.63, 3.8) is 0 Å². The maximum absolute atomic E-state index is 11.4. The highest BCUT2D eigenvalue weighted by Gasteiger charge is 2.41. The number of nitrogens with zero attached hydrogens (tertiary/aromatic N) is 1. The van der Waals surface area contributed by atoms with Crippen LogP contribution in [0.25, 0.3) is 16.5 Å². The summed E-state index contributed by atoms with van der Waals surface area (Å²) in [6, 6.07) is 6.16. The van der Waals surface area contributed by atoms with E-state index in [1.807, 2.05) is 6.92 Å². The summed E-state index contributed by atoms with van der Waals surface area (Å²) < 4.78 is 8.02. The minimum absolute atomic E-state index is 0.0467. The predicted octanol–water partition coefficient (Wildman–Crippen LogP) is 6.58. The molecule has 2 atom stereocenters. The Hall–Kier alpha value is -3.71. The molecule has 1 aromatic heterocycles. The van der Waals surface area contributed by atoms with Gasteiger partial charge in [0.15, 0.2) is 0 Å². The summed E-state index contributed by atoms with van der Waals surface area (Å²) in [7, 11) is 0. The molecule has 0 radical (unpaired) electrons. The van der Waals surface area contributed by atoms with Crippen LogP contribution in [0.3, 0.4) is 0 Å². The molecule has 1 aliphatic heterocycles. The summed E-state index contributed by atoms with van der Waals surface area (Å²) >= 11 is 0. The summed E-state index contributed by atoms with van der Waals surface area (Å²) in [6.45, 7) is 9.97. The number of benzene rings is 2. The van der Waals surface area contributed by atoms with Crippen molar-refractivity contribution >= 4 is 16.7 Å². The zero-order chi connectivity index (χ0) is 27.8. The number of aromatic carboxylic acids is 1. The lowest BCUT2D eigenvalue weighted by Crippen LogP contribution is -2.48. The second kappa shape index (κ2) is 10.6. The van der Waals surface area contributed by atoms with Gasteiger partial charge in [0.2, 0.25) is 5.88 Å². The Morgan fingerprint density at radius 2 is 1.87 bits per heavy atom. The number of ether oxygens (including phenoxy) is 1. The predicted molar refractivity (Wildman–Crippen MR) is 149 cm³/mol. The van der Waals surface area contributed by atoms with Gasteiger partial charge in [-0.1, -0.05) is 23.3 Å². The third-order valence-electron chi connectivity index (χ3n) is 7.49. The van der Waals surface area contributed by atoms with Crippen molar-refractivity contribution in [3.8, 4) is 23.1 Å². The lowest BCUT2D eigenvalue weighted by molar-refractivity contribution is -0.0581. The Labute approximate surface area is 223 Å². The number of hydrogen-bond acceptors (Lipinski definition) is 5. The average Bonchev–Trinajstić information content (AvgIpc) is 3.16. The highest BCUT2D eigenvalue weighted by Crippen LogP contribution is 2.48. The van der Waals surface area contributed by atoms with Gasteiger partial charge in [0.25, 0.3) is 0 Å². The summed E-state index contributed by atoms with van der Waals surface area (Å²) in [5, 5.41) is 43.2. The number of rotatable bonds is 8. The Morgan fingerprint density at radius 3 is 2.53 bits per heavy atom. The van der Waals surface area contributed by atoms with Gasteiger partial charge in [-0.3, -0.25) is 4.57 Å². The molecule has 7 heteroatoms. The minimum atomic E-state index is -1.02. The second-order valence-electron chi connectivity index (χ2n) is 10.8. The molecule has 2 heterocycles. The van der Waals surface area contributed by atoms with Crippen LogP contribution in [0.5, 0.6) is 17.4 Å². The molecule has 0 aliphatic carbocycles. The fourth-order valence-corrected chi connectivity index (χ4v) is 5.12. The Morgan fingerprint density at radius 1 is 1.13 bits per heavy atom. The largest absolute Gasteiger partial charge is 0.508 e. The first-order chi connectivity index (χ1) is 17.9. The molecule has 38 heavy (non-hydrogen) atoms. The molecule has 0 bridgehead atoms. The highest BCUT2D eigenvalue weighted by atomic mass is 16.5. The van der Waals surface area contributed by atoms with Crippen molar-refractivity contribution in [2.75, 3.05) is 0 Å². The Balaban J connectivity index is 1.66. The molecule has 1 aliphatic rings. The van der Waals surface area contributed by atoms with Crippen molar-refractivity contribution in [2.45, 2.75) is 78.4 Å². The van der Waals surface area contributed by atoms with E-state index in [0.717, 1.165) is 19.3 Å². The van der Waals surface area contributed by atoms with Crippen LogP contribution in [-0.4, -0.2) is 42.7 Å². The smallest absolute Gasteiger partial charge is 0.335 e. The molecule has 0 amide bonds. The number of aryl methyl sites for hydroxylation is 1. The normalized spacial score (nSPS) is 19.2. The van der Waals surface area contributed by atoms with E-state index in [9.17, 15) is 25.2 Å². The number of allylic oxidation sites excluding steroid dienone is 4. The van der Waals surface area contributed by atoms with Crippen LogP contribution in [-0.2, 0) is 6.42 Å². The number of phenols is 1. The topological polar surface area (TPSA) is 112 Å². The van der Waals surface area contributed by atoms with Crippen LogP contribution in [0.4, 0.5) is 0 Å². The minimum Gasteiger partial charge on any atom is -0.508 e. The van der Waals surface area contributed by atoms with Crippen molar-refractivity contribution in [1.82, 2.24) is 4.57 Å². The molecule has 0 saturated heterocycles. The van der Waals surface area contributed by atoms with E-state index in [1.54, 1.807) is 29.8 Å². The molecule has 2 aromatic carbocycles. The number of carboxylic acids is 1. The second-order valence-corrected chi connectivity index (χ2v) is 10.8. The first-order valence-corrected chi connectivity index (χ1v) is 13.0. The van der Waals surface area contributed by atoms with E-state index in [1.165, 1.54) is 23.3 Å². The van der Waals surface area contributed by atoms with Gasteiger partial charge in [-0.2, -0.15) is 0 Å². The fourth-order valence-electron chi connectivity index (χ4n) is 5.12. The number of aromatic nitrogens is 1. The maximum Gasteiger partial charge on any atom is 0.335 e. The van der Waals surface area contributed by atoms with Gasteiger partial charge in [0, 0.05) is 23.6 Å². The van der Waals surface area contributed by atoms with Crippen LogP contribution < -0.4 is 4.74 Å². The lowest BCUT2D eigenvalue weighted by Gasteiger charge is -2.40. The number of aliphatic hydroxyl groups excluding tert-OH is 1. The number of aromatic hydroxyl groups is 2. The van der Waals surface area contributed by atoms with E-state index in [0.29, 0.717) is 39.8 Å². The van der Waals surface area contributed by atoms with Crippen LogP contribution in [0.15, 0.2) is 53.8 Å². The van der Waals surface area contributed by atoms with Gasteiger partial charge < -0.3 is 25.2 Å². The first kappa shape index (κ1) is 27.3. The van der Waals surface area contributed by atoms with E-state index >= 15 is 0 Å². The van der Waals surface area contributed by atoms with Gasteiger partial charge >= 0.3 is 5.97 Å². The van der Waals surface area contributed by atoms with Crippen molar-refractivity contribution in [1.29, 1.82) is 0 Å². The lowest BCUT2D eigenvalue weighted by atomic mass is 9.84. The van der Waals surface area contributed by atoms with E-state index in [4.69, 9.17) is 4.74 Å². The Bertz CT molecular complexity index is 1440. The van der Waals surface area contributed by atoms with Gasteiger partial charge in [0.1, 0.15) is 17.1 Å². The molecule has 7 nitrogen and oxygen atoms in total. The summed E-state index contributed by atoms with van der Waals surface area (Å²) in [5.74, 6) is -0.708. The standard InChI is InChI=1S/C31H37NO6/c1-18(2)8-6-9-19(3)10-7-13-31(5)27(34)16-23-26(33)15-22-24(28(23)38-31)17-32(29(22)35)25-12-11-21(30(36)37)14-20(25)4/h8,10-12,14-15,17,27,33-35H,6-7,9,13,16H2,1-5H3,(H,36,37). The third kappa shape index (κ3) is 5.29. The van der Waals surface area contributed by atoms with Crippen molar-refractivity contribution in [3.05, 3.63) is 70.5 Å². The fraction of sp³-hybridized carbons (Fsp3) is 0.387. The monoisotopic (exact) mass is 519 g/mol. The number of phenolic OH excluding ortho intramolecular Hbond substituents is 1. The molecule has 4 rings (SSSR count). The van der Waals surface area contributed by atoms with E-state index in [-0.39, 0.29) is 23.6 Å². The number of carbonyl (C=O) groups is 1. The molecule has 4 N–H and O–H groups in total. The molecular formula is C31H37NO6. The zero-order valence-electron chi connectivity index (χ0n) is 22.7.